The molecule has 1 amide bonds. The standard InChI is InChI=1S/C27H16F5N5O/c28-21-20(22(29)24(31)25(32)23(21)30)27(38)37-26-18-7-5-16(35-18)10-14-3-1-12(33-14)9-13-2-4-15(34-13)11-17-6-8-19(26)36-17/h1-11,33-36H,(H,37,38). The van der Waals surface area contributed by atoms with Crippen molar-refractivity contribution >= 4 is 29.8 Å². The molecule has 4 aromatic heterocycles. The van der Waals surface area contributed by atoms with Gasteiger partial charge in [-0.25, -0.2) is 22.0 Å². The van der Waals surface area contributed by atoms with Crippen molar-refractivity contribution in [3.63, 3.8) is 0 Å². The molecule has 0 aliphatic carbocycles. The fourth-order valence-corrected chi connectivity index (χ4v) is 4.24. The van der Waals surface area contributed by atoms with Gasteiger partial charge in [-0.1, -0.05) is 0 Å². The highest BCUT2D eigenvalue weighted by Crippen LogP contribution is 2.23. The molecule has 1 aliphatic heterocycles. The van der Waals surface area contributed by atoms with Crippen LogP contribution < -0.4 is 26.7 Å². The lowest BCUT2D eigenvalue weighted by atomic mass is 10.1. The summed E-state index contributed by atoms with van der Waals surface area (Å²) in [6, 6.07) is 14.2. The van der Waals surface area contributed by atoms with Crippen molar-refractivity contribution < 1.29 is 26.7 Å². The minimum Gasteiger partial charge on any atom is -0.355 e. The second-order valence-corrected chi connectivity index (χ2v) is 8.60. The Morgan fingerprint density at radius 3 is 1.68 bits per heavy atom. The van der Waals surface area contributed by atoms with Crippen molar-refractivity contribution in [3.8, 4) is 0 Å². The van der Waals surface area contributed by atoms with E-state index < -0.39 is 40.6 Å². The number of rotatable bonds is 2. The normalized spacial score (nSPS) is 12.5. The summed E-state index contributed by atoms with van der Waals surface area (Å²) in [6.07, 6.45) is 5.54. The highest BCUT2D eigenvalue weighted by molar-refractivity contribution is 5.99. The number of benzene rings is 1. The lowest BCUT2D eigenvalue weighted by Gasteiger charge is -2.11. The molecule has 5 heterocycles. The molecule has 6 rings (SSSR count). The zero-order valence-electron chi connectivity index (χ0n) is 19.1. The predicted octanol–water partition coefficient (Wildman–Crippen LogP) is 2.08. The van der Waals surface area contributed by atoms with Gasteiger partial charge in [0, 0.05) is 33.1 Å². The molecule has 0 spiro atoms. The number of carbonyl (C=O) groups excluding carboxylic acids is 1. The number of hydrogen-bond acceptors (Lipinski definition) is 1. The molecule has 1 aromatic carbocycles. The first-order valence-electron chi connectivity index (χ1n) is 11.3. The van der Waals surface area contributed by atoms with Gasteiger partial charge in [0.05, 0.1) is 16.7 Å². The van der Waals surface area contributed by atoms with Crippen molar-refractivity contribution in [1.29, 1.82) is 0 Å². The summed E-state index contributed by atoms with van der Waals surface area (Å²) in [5.74, 6) is -12.7. The molecule has 8 bridgehead atoms. The molecule has 0 saturated heterocycles. The Labute approximate surface area is 209 Å². The van der Waals surface area contributed by atoms with Crippen LogP contribution >= 0.6 is 0 Å². The van der Waals surface area contributed by atoms with Crippen LogP contribution in [-0.2, 0) is 0 Å². The zero-order chi connectivity index (χ0) is 26.6. The Balaban J connectivity index is 1.54. The first-order valence-corrected chi connectivity index (χ1v) is 11.3. The van der Waals surface area contributed by atoms with Crippen molar-refractivity contribution in [3.05, 3.63) is 127 Å². The third-order valence-corrected chi connectivity index (χ3v) is 6.03. The fraction of sp³-hybridized carbons (Fsp3) is 0. The fourth-order valence-electron chi connectivity index (χ4n) is 4.24. The van der Waals surface area contributed by atoms with Gasteiger partial charge in [-0.2, -0.15) is 0 Å². The average Bonchev–Trinajstić information content (AvgIpc) is 3.70. The summed E-state index contributed by atoms with van der Waals surface area (Å²) in [5.41, 5.74) is 0.987. The van der Waals surface area contributed by atoms with Gasteiger partial charge in [0.2, 0.25) is 5.82 Å². The van der Waals surface area contributed by atoms with Crippen molar-refractivity contribution in [2.24, 2.45) is 0 Å². The number of halogens is 5. The van der Waals surface area contributed by atoms with Crippen LogP contribution in [-0.4, -0.2) is 25.8 Å². The molecule has 0 fully saturated rings. The van der Waals surface area contributed by atoms with E-state index in [9.17, 15) is 26.7 Å². The molecule has 11 heteroatoms. The number of aromatic nitrogens is 4. The Hall–Kier alpha value is -5.06. The number of fused-ring (bicyclic) bond motifs is 8. The van der Waals surface area contributed by atoms with Gasteiger partial charge >= 0.3 is 0 Å². The van der Waals surface area contributed by atoms with Gasteiger partial charge in [-0.3, -0.25) is 4.79 Å². The lowest BCUT2D eigenvalue weighted by Crippen LogP contribution is -2.31. The molecule has 38 heavy (non-hydrogen) atoms. The summed E-state index contributed by atoms with van der Waals surface area (Å²) in [7, 11) is 0. The van der Waals surface area contributed by atoms with Crippen LogP contribution in [0.1, 0.15) is 33.1 Å². The van der Waals surface area contributed by atoms with E-state index >= 15 is 0 Å². The van der Waals surface area contributed by atoms with Crippen molar-refractivity contribution in [1.82, 2.24) is 25.3 Å². The first-order chi connectivity index (χ1) is 18.3. The summed E-state index contributed by atoms with van der Waals surface area (Å²) in [5, 5.41) is 4.87. The third kappa shape index (κ3) is 4.03. The van der Waals surface area contributed by atoms with Crippen LogP contribution in [0.5, 0.6) is 0 Å². The van der Waals surface area contributed by atoms with Gasteiger partial charge in [0.1, 0.15) is 5.56 Å². The molecule has 1 aliphatic rings. The summed E-state index contributed by atoms with van der Waals surface area (Å²) in [4.78, 5) is 25.6. The SMILES string of the molecule is O=C(NC1=c2ccc([nH]2)=Cc2ccc([nH]2)C=c2ccc([nH]2)=Cc2ccc1[nH]2)c1c(F)c(F)c(F)c(F)c1F. The molecular weight excluding hydrogens is 505 g/mol. The van der Waals surface area contributed by atoms with Crippen molar-refractivity contribution in [2.45, 2.75) is 0 Å². The van der Waals surface area contributed by atoms with E-state index in [4.69, 9.17) is 0 Å². The van der Waals surface area contributed by atoms with E-state index in [1.54, 1.807) is 36.4 Å². The largest absolute Gasteiger partial charge is 0.355 e. The van der Waals surface area contributed by atoms with E-state index in [1.807, 2.05) is 30.3 Å². The monoisotopic (exact) mass is 521 g/mol. The summed E-state index contributed by atoms with van der Waals surface area (Å²) in [6.45, 7) is 0. The van der Waals surface area contributed by atoms with E-state index in [2.05, 4.69) is 25.3 Å². The summed E-state index contributed by atoms with van der Waals surface area (Å²) < 4.78 is 69.8. The van der Waals surface area contributed by atoms with E-state index in [0.717, 1.165) is 22.1 Å². The number of amides is 1. The highest BCUT2D eigenvalue weighted by Gasteiger charge is 2.30. The number of H-pyrrole nitrogens is 4. The number of nitrogens with one attached hydrogen (secondary N) is 5. The molecule has 0 saturated carbocycles. The highest BCUT2D eigenvalue weighted by atomic mass is 19.2. The molecular formula is C27H16F5N5O. The second-order valence-electron chi connectivity index (χ2n) is 8.60. The third-order valence-electron chi connectivity index (χ3n) is 6.03. The smallest absolute Gasteiger partial charge is 0.261 e. The Morgan fingerprint density at radius 1 is 0.553 bits per heavy atom. The first kappa shape index (κ1) is 23.3. The van der Waals surface area contributed by atoms with Crippen LogP contribution in [0.4, 0.5) is 22.0 Å². The number of hydrogen-bond donors (Lipinski definition) is 5. The minimum absolute atomic E-state index is 0.0259. The van der Waals surface area contributed by atoms with Crippen LogP contribution in [0.25, 0.3) is 23.9 Å². The Morgan fingerprint density at radius 2 is 1.05 bits per heavy atom. The van der Waals surface area contributed by atoms with Gasteiger partial charge in [-0.05, 0) is 66.8 Å². The Bertz CT molecular complexity index is 1960. The van der Waals surface area contributed by atoms with Crippen LogP contribution in [0.3, 0.4) is 0 Å². The van der Waals surface area contributed by atoms with Gasteiger partial charge < -0.3 is 25.3 Å². The minimum atomic E-state index is -2.35. The average molecular weight is 521 g/mol. The molecule has 6 nitrogen and oxygen atoms in total. The quantitative estimate of drug-likeness (QED) is 0.137. The van der Waals surface area contributed by atoms with E-state index in [-0.39, 0.29) is 5.70 Å². The lowest BCUT2D eigenvalue weighted by molar-refractivity contribution is 0.0961. The van der Waals surface area contributed by atoms with Gasteiger partial charge in [0.25, 0.3) is 5.91 Å². The van der Waals surface area contributed by atoms with Crippen LogP contribution in [0.15, 0.2) is 48.5 Å². The topological polar surface area (TPSA) is 92.3 Å². The number of aromatic amines is 4. The van der Waals surface area contributed by atoms with Gasteiger partial charge in [-0.15, -0.1) is 0 Å². The van der Waals surface area contributed by atoms with E-state index in [1.165, 1.54) is 0 Å². The molecule has 190 valence electrons. The van der Waals surface area contributed by atoms with Gasteiger partial charge in [0.15, 0.2) is 23.3 Å². The van der Waals surface area contributed by atoms with E-state index in [0.29, 0.717) is 22.1 Å². The molecule has 0 atom stereocenters. The predicted molar refractivity (Wildman–Crippen MR) is 129 cm³/mol. The molecule has 5 aromatic rings. The summed E-state index contributed by atoms with van der Waals surface area (Å²) >= 11 is 0. The zero-order valence-corrected chi connectivity index (χ0v) is 19.1. The maximum Gasteiger partial charge on any atom is 0.261 e. The molecule has 5 N–H and O–H groups in total. The van der Waals surface area contributed by atoms with Crippen LogP contribution in [0.2, 0.25) is 0 Å². The molecule has 0 radical (unpaired) electrons. The Kier molecular flexibility index (Phi) is 5.41. The maximum absolute atomic E-state index is 14.4. The van der Waals surface area contributed by atoms with Crippen LogP contribution in [0, 0.1) is 29.1 Å². The molecule has 0 unspecified atom stereocenters. The second kappa shape index (κ2) is 8.80. The number of carbonyl (C=O) groups is 1. The maximum atomic E-state index is 14.4. The van der Waals surface area contributed by atoms with Crippen molar-refractivity contribution in [2.75, 3.05) is 0 Å².